The molecule has 0 atom stereocenters. The largest absolute Gasteiger partial charge is 0.393 e. The van der Waals surface area contributed by atoms with Gasteiger partial charge in [0.25, 0.3) is 5.69 Å². The van der Waals surface area contributed by atoms with Crippen molar-refractivity contribution >= 4 is 23.0 Å². The van der Waals surface area contributed by atoms with Gasteiger partial charge in [0.1, 0.15) is 5.69 Å². The van der Waals surface area contributed by atoms with Gasteiger partial charge in [-0.3, -0.25) is 10.1 Å². The number of benzene rings is 1. The number of rotatable bonds is 2. The summed E-state index contributed by atoms with van der Waals surface area (Å²) in [7, 11) is 0. The van der Waals surface area contributed by atoms with E-state index in [9.17, 15) is 10.1 Å². The molecule has 0 spiro atoms. The summed E-state index contributed by atoms with van der Waals surface area (Å²) in [4.78, 5) is 9.94. The van der Waals surface area contributed by atoms with Gasteiger partial charge in [-0.2, -0.15) is 0 Å². The lowest BCUT2D eigenvalue weighted by atomic mass is 9.83. The van der Waals surface area contributed by atoms with Gasteiger partial charge in [0.05, 0.1) is 9.80 Å². The number of anilines is 1. The standard InChI is InChI=1S/C12H15ClN2O2/c13-12(6-2-1-3-7-12)9-4-5-10(14)11(8-9)15(16)17/h4-5,8H,1-3,6-7,14H2. The predicted molar refractivity (Wildman–Crippen MR) is 68.1 cm³/mol. The Morgan fingerprint density at radius 3 is 2.53 bits per heavy atom. The van der Waals surface area contributed by atoms with E-state index >= 15 is 0 Å². The minimum atomic E-state index is -0.456. The monoisotopic (exact) mass is 254 g/mol. The van der Waals surface area contributed by atoms with Crippen LogP contribution in [0, 0.1) is 10.1 Å². The Morgan fingerprint density at radius 2 is 1.94 bits per heavy atom. The molecule has 17 heavy (non-hydrogen) atoms. The number of nitro groups is 1. The Balaban J connectivity index is 2.38. The number of nitrogens with two attached hydrogens (primary N) is 1. The average Bonchev–Trinajstić information content (AvgIpc) is 2.30. The summed E-state index contributed by atoms with van der Waals surface area (Å²) in [5.41, 5.74) is 6.54. The van der Waals surface area contributed by atoms with E-state index in [1.165, 1.54) is 12.5 Å². The van der Waals surface area contributed by atoms with Crippen LogP contribution < -0.4 is 5.73 Å². The summed E-state index contributed by atoms with van der Waals surface area (Å²) in [6, 6.07) is 4.90. The second-order valence-corrected chi connectivity index (χ2v) is 5.28. The minimum absolute atomic E-state index is 0.0481. The number of nitrogen functional groups attached to an aromatic ring is 1. The summed E-state index contributed by atoms with van der Waals surface area (Å²) in [6.07, 6.45) is 5.07. The third-order valence-corrected chi connectivity index (χ3v) is 3.99. The number of nitrogens with zero attached hydrogens (tertiary/aromatic N) is 1. The highest BCUT2D eigenvalue weighted by Gasteiger charge is 2.32. The lowest BCUT2D eigenvalue weighted by Gasteiger charge is -2.31. The molecule has 1 fully saturated rings. The molecule has 0 bridgehead atoms. The van der Waals surface area contributed by atoms with Gasteiger partial charge in [-0.05, 0) is 24.5 Å². The van der Waals surface area contributed by atoms with E-state index in [-0.39, 0.29) is 11.4 Å². The molecule has 1 aromatic rings. The van der Waals surface area contributed by atoms with Gasteiger partial charge in [0.15, 0.2) is 0 Å². The fourth-order valence-electron chi connectivity index (χ4n) is 2.38. The summed E-state index contributed by atoms with van der Waals surface area (Å²) >= 11 is 6.57. The van der Waals surface area contributed by atoms with E-state index in [4.69, 9.17) is 17.3 Å². The van der Waals surface area contributed by atoms with Crippen molar-refractivity contribution < 1.29 is 4.92 Å². The molecule has 1 aromatic carbocycles. The fraction of sp³-hybridized carbons (Fsp3) is 0.500. The lowest BCUT2D eigenvalue weighted by Crippen LogP contribution is -2.22. The number of nitro benzene ring substituents is 1. The molecule has 5 heteroatoms. The van der Waals surface area contributed by atoms with Crippen molar-refractivity contribution in [2.45, 2.75) is 37.0 Å². The van der Waals surface area contributed by atoms with Crippen molar-refractivity contribution in [3.63, 3.8) is 0 Å². The van der Waals surface area contributed by atoms with Crippen LogP contribution in [0.5, 0.6) is 0 Å². The maximum atomic E-state index is 10.8. The first kappa shape index (κ1) is 12.2. The molecule has 0 saturated heterocycles. The molecule has 0 radical (unpaired) electrons. The van der Waals surface area contributed by atoms with Gasteiger partial charge in [-0.1, -0.05) is 25.3 Å². The SMILES string of the molecule is Nc1ccc(C2(Cl)CCCCC2)cc1[N+](=O)[O-]. The third-order valence-electron chi connectivity index (χ3n) is 3.39. The van der Waals surface area contributed by atoms with E-state index in [2.05, 4.69) is 0 Å². The van der Waals surface area contributed by atoms with Crippen LogP contribution in [0.2, 0.25) is 0 Å². The first-order valence-corrected chi connectivity index (χ1v) is 6.14. The molecule has 4 nitrogen and oxygen atoms in total. The van der Waals surface area contributed by atoms with Crippen LogP contribution >= 0.6 is 11.6 Å². The van der Waals surface area contributed by atoms with Crippen LogP contribution in [0.4, 0.5) is 11.4 Å². The molecule has 1 aliphatic rings. The van der Waals surface area contributed by atoms with Gasteiger partial charge in [0, 0.05) is 6.07 Å². The Labute approximate surface area is 105 Å². The molecule has 2 N–H and O–H groups in total. The quantitative estimate of drug-likeness (QED) is 0.380. The van der Waals surface area contributed by atoms with Crippen molar-refractivity contribution in [3.8, 4) is 0 Å². The van der Waals surface area contributed by atoms with Crippen LogP contribution in [0.25, 0.3) is 0 Å². The van der Waals surface area contributed by atoms with Gasteiger partial charge < -0.3 is 5.73 Å². The van der Waals surface area contributed by atoms with Crippen molar-refractivity contribution in [2.75, 3.05) is 5.73 Å². The van der Waals surface area contributed by atoms with Crippen LogP contribution in [0.3, 0.4) is 0 Å². The minimum Gasteiger partial charge on any atom is -0.393 e. The van der Waals surface area contributed by atoms with E-state index < -0.39 is 9.80 Å². The second-order valence-electron chi connectivity index (χ2n) is 4.56. The fourth-order valence-corrected chi connectivity index (χ4v) is 2.77. The molecule has 2 rings (SSSR count). The molecule has 0 heterocycles. The zero-order valence-corrected chi connectivity index (χ0v) is 10.2. The summed E-state index contributed by atoms with van der Waals surface area (Å²) in [5.74, 6) is 0. The van der Waals surface area contributed by atoms with Crippen LogP contribution in [0.1, 0.15) is 37.7 Å². The van der Waals surface area contributed by atoms with E-state index in [1.54, 1.807) is 12.1 Å². The predicted octanol–water partition coefficient (Wildman–Crippen LogP) is 3.58. The second kappa shape index (κ2) is 4.53. The molecule has 1 aliphatic carbocycles. The molecule has 0 aliphatic heterocycles. The smallest absolute Gasteiger partial charge is 0.292 e. The van der Waals surface area contributed by atoms with Crippen molar-refractivity contribution in [3.05, 3.63) is 33.9 Å². The Hall–Kier alpha value is -1.29. The van der Waals surface area contributed by atoms with E-state index in [0.717, 1.165) is 31.2 Å². The molecule has 92 valence electrons. The van der Waals surface area contributed by atoms with E-state index in [1.807, 2.05) is 0 Å². The highest BCUT2D eigenvalue weighted by Crippen LogP contribution is 2.44. The Morgan fingerprint density at radius 1 is 1.29 bits per heavy atom. The zero-order valence-electron chi connectivity index (χ0n) is 9.49. The van der Waals surface area contributed by atoms with E-state index in [0.29, 0.717) is 0 Å². The highest BCUT2D eigenvalue weighted by molar-refractivity contribution is 6.24. The van der Waals surface area contributed by atoms with Gasteiger partial charge >= 0.3 is 0 Å². The average molecular weight is 255 g/mol. The third kappa shape index (κ3) is 2.36. The van der Waals surface area contributed by atoms with Gasteiger partial charge in [0.2, 0.25) is 0 Å². The summed E-state index contributed by atoms with van der Waals surface area (Å²) < 4.78 is 0. The summed E-state index contributed by atoms with van der Waals surface area (Å²) in [5, 5.41) is 10.8. The first-order chi connectivity index (χ1) is 8.03. The maximum absolute atomic E-state index is 10.8. The number of halogens is 1. The molecular weight excluding hydrogens is 240 g/mol. The van der Waals surface area contributed by atoms with Crippen molar-refractivity contribution in [1.29, 1.82) is 0 Å². The molecule has 0 unspecified atom stereocenters. The molecular formula is C12H15ClN2O2. The Kier molecular flexibility index (Phi) is 3.24. The van der Waals surface area contributed by atoms with Gasteiger partial charge in [-0.25, -0.2) is 0 Å². The molecule has 0 aromatic heterocycles. The topological polar surface area (TPSA) is 69.2 Å². The van der Waals surface area contributed by atoms with Crippen molar-refractivity contribution in [2.24, 2.45) is 0 Å². The number of alkyl halides is 1. The molecule has 0 amide bonds. The number of hydrogen-bond donors (Lipinski definition) is 1. The van der Waals surface area contributed by atoms with Crippen molar-refractivity contribution in [1.82, 2.24) is 0 Å². The maximum Gasteiger partial charge on any atom is 0.292 e. The number of hydrogen-bond acceptors (Lipinski definition) is 3. The highest BCUT2D eigenvalue weighted by atomic mass is 35.5. The van der Waals surface area contributed by atoms with Crippen LogP contribution in [0.15, 0.2) is 18.2 Å². The first-order valence-electron chi connectivity index (χ1n) is 5.76. The normalized spacial score (nSPS) is 18.9. The van der Waals surface area contributed by atoms with Gasteiger partial charge in [-0.15, -0.1) is 11.6 Å². The Bertz CT molecular complexity index is 442. The molecule has 1 saturated carbocycles. The van der Waals surface area contributed by atoms with Crippen LogP contribution in [-0.2, 0) is 4.87 Å². The zero-order chi connectivity index (χ0) is 12.5. The summed E-state index contributed by atoms with van der Waals surface area (Å²) in [6.45, 7) is 0. The van der Waals surface area contributed by atoms with Crippen LogP contribution in [-0.4, -0.2) is 4.92 Å². The lowest BCUT2D eigenvalue weighted by molar-refractivity contribution is -0.384.